The maximum absolute atomic E-state index is 13.2. The second-order valence-electron chi connectivity index (χ2n) is 33.1. The van der Waals surface area contributed by atoms with Crippen LogP contribution < -0.4 is 51.1 Å². The van der Waals surface area contributed by atoms with Gasteiger partial charge in [0.25, 0.3) is 16.7 Å². The average molecular weight is 1860 g/mol. The fourth-order valence-electron chi connectivity index (χ4n) is 12.6. The van der Waals surface area contributed by atoms with Crippen molar-refractivity contribution in [3.63, 3.8) is 0 Å². The number of esters is 3. The molecule has 6 aromatic heterocycles. The number of nitrogens with zero attached hydrogens (tertiary/aromatic N) is 9. The maximum Gasteiger partial charge on any atom is 0.475 e. The standard InChI is InChI=1S/3C23H35N6O10PS/c3*1-11(2)13(24)18(31)35-9-22(3,4)20(32)41-7-6-36-40(34)37-8-12-15(39-40)23(5,33)19(38-12)29-10-26-14-16(29)27-21(25)28-17(14)30/h3*10-13,15,19,33H,6-9,24H2,1-5H3,(H3,25,27,28,30)/t12-,13+,15-,19-,23-,40?;12-,13+,15-,19-,23-,40+;12-,13+,15-,19-,23-,40-/m111/s1. The number of ether oxygens (including phenoxy) is 6. The summed E-state index contributed by atoms with van der Waals surface area (Å²) in [4.78, 5) is 142. The first-order valence-electron chi connectivity index (χ1n) is 38.5. The molecule has 54 heteroatoms. The number of nitrogens with two attached hydrogens (primary N) is 6. The summed E-state index contributed by atoms with van der Waals surface area (Å²) >= 11 is 2.73. The number of anilines is 3. The largest absolute Gasteiger partial charge is 0.475 e. The molecule has 0 aromatic carbocycles. The molecule has 6 aliphatic rings. The van der Waals surface area contributed by atoms with E-state index in [1.54, 1.807) is 83.1 Å². The van der Waals surface area contributed by atoms with Crippen LogP contribution in [-0.4, -0.2) is 255 Å². The Morgan fingerprint density at radius 1 is 0.472 bits per heavy atom. The molecule has 1 unspecified atom stereocenters. The Balaban J connectivity index is 0.000000193. The lowest BCUT2D eigenvalue weighted by atomic mass is 9.96. The zero-order valence-electron chi connectivity index (χ0n) is 69.8. The third-order valence-corrected chi connectivity index (χ3v) is 28.1. The predicted octanol–water partition coefficient (Wildman–Crippen LogP) is 2.11. The molecule has 12 heterocycles. The number of fused-ring (bicyclic) bond motifs is 6. The van der Waals surface area contributed by atoms with Crippen LogP contribution in [0.5, 0.6) is 0 Å². The first-order chi connectivity index (χ1) is 57.2. The molecule has 6 fully saturated rings. The normalized spacial score (nSPS) is 29.0. The number of hydrogen-bond donors (Lipinski definition) is 12. The lowest BCUT2D eigenvalue weighted by Gasteiger charge is -2.35. The van der Waals surface area contributed by atoms with Crippen LogP contribution in [0.15, 0.2) is 33.4 Å². The van der Waals surface area contributed by atoms with Crippen LogP contribution in [0, 0.1) is 34.0 Å². The molecule has 6 aromatic rings. The van der Waals surface area contributed by atoms with E-state index < -0.39 is 165 Å². The predicted molar refractivity (Wildman–Crippen MR) is 439 cm³/mol. The topological polar surface area (TPSA) is 700 Å². The van der Waals surface area contributed by atoms with Gasteiger partial charge in [0.15, 0.2) is 67.5 Å². The van der Waals surface area contributed by atoms with Gasteiger partial charge in [-0.05, 0) is 80.1 Å². The number of rotatable bonds is 30. The third kappa shape index (κ3) is 22.2. The summed E-state index contributed by atoms with van der Waals surface area (Å²) in [6.07, 6.45) is -5.48. The molecule has 6 aliphatic heterocycles. The summed E-state index contributed by atoms with van der Waals surface area (Å²) in [6.45, 7) is 23.2. The van der Waals surface area contributed by atoms with Crippen molar-refractivity contribution in [2.45, 2.75) is 194 Å². The minimum Gasteiger partial charge on any atom is -0.463 e. The molecule has 0 bridgehead atoms. The van der Waals surface area contributed by atoms with Gasteiger partial charge in [-0.1, -0.05) is 76.8 Å². The van der Waals surface area contributed by atoms with E-state index in [2.05, 4.69) is 44.9 Å². The van der Waals surface area contributed by atoms with E-state index in [-0.39, 0.29) is 161 Å². The molecular weight excluding hydrogens is 1750 g/mol. The summed E-state index contributed by atoms with van der Waals surface area (Å²) in [6, 6.07) is -2.35. The van der Waals surface area contributed by atoms with Crippen molar-refractivity contribution < 1.29 is 127 Å². The summed E-state index contributed by atoms with van der Waals surface area (Å²) in [5.41, 5.74) is 24.6. The summed E-state index contributed by atoms with van der Waals surface area (Å²) < 4.78 is 126. The number of thioether (sulfide) groups is 3. The highest BCUT2D eigenvalue weighted by atomic mass is 32.2. The van der Waals surface area contributed by atoms with Crippen molar-refractivity contribution in [2.24, 2.45) is 51.2 Å². The van der Waals surface area contributed by atoms with Crippen molar-refractivity contribution in [3.8, 4) is 0 Å². The van der Waals surface area contributed by atoms with E-state index >= 15 is 0 Å². The third-order valence-electron chi connectivity index (χ3n) is 20.2. The molecule has 18 atom stereocenters. The fraction of sp³-hybridized carbons (Fsp3) is 0.696. The lowest BCUT2D eigenvalue weighted by molar-refractivity contribution is -0.151. The molecule has 48 nitrogen and oxygen atoms in total. The van der Waals surface area contributed by atoms with Gasteiger partial charge in [0.05, 0.1) is 74.9 Å². The number of imidazole rings is 3. The van der Waals surface area contributed by atoms with Crippen LogP contribution in [0.25, 0.3) is 33.5 Å². The van der Waals surface area contributed by atoms with Crippen LogP contribution in [0.2, 0.25) is 0 Å². The fourth-order valence-corrected chi connectivity index (χ4v) is 19.8. The zero-order chi connectivity index (χ0) is 91.0. The van der Waals surface area contributed by atoms with Gasteiger partial charge in [0.2, 0.25) is 17.8 Å². The van der Waals surface area contributed by atoms with Crippen molar-refractivity contribution in [3.05, 3.63) is 50.0 Å². The van der Waals surface area contributed by atoms with Crippen molar-refractivity contribution >= 4 is 143 Å². The Labute approximate surface area is 714 Å². The zero-order valence-corrected chi connectivity index (χ0v) is 74.9. The molecule has 0 radical (unpaired) electrons. The van der Waals surface area contributed by atoms with E-state index in [1.807, 2.05) is 0 Å². The molecule has 6 saturated heterocycles. The number of aliphatic hydroxyl groups is 3. The average Bonchev–Trinajstić information content (AvgIpc) is 1.59. The minimum atomic E-state index is -4.14. The Bertz CT molecular complexity index is 4730. The van der Waals surface area contributed by atoms with Gasteiger partial charge in [0.1, 0.15) is 91.4 Å². The van der Waals surface area contributed by atoms with E-state index in [9.17, 15) is 72.2 Å². The molecule has 0 spiro atoms. The second kappa shape index (κ2) is 38.4. The van der Waals surface area contributed by atoms with Gasteiger partial charge >= 0.3 is 41.4 Å². The van der Waals surface area contributed by atoms with Crippen LogP contribution in [0.1, 0.15) is 123 Å². The number of nitrogen functional groups attached to an aromatic ring is 3. The quantitative estimate of drug-likeness (QED) is 0.0133. The monoisotopic (exact) mass is 1850 g/mol. The molecule has 0 saturated carbocycles. The molecule has 12 rings (SSSR count). The summed E-state index contributed by atoms with van der Waals surface area (Å²) in [7, 11) is -12.4. The molecular formula is C69H105N18O30P3S3. The number of nitrogens with one attached hydrogen (secondary N) is 3. The van der Waals surface area contributed by atoms with E-state index in [0.717, 1.165) is 35.3 Å². The van der Waals surface area contributed by atoms with Gasteiger partial charge in [0, 0.05) is 17.3 Å². The summed E-state index contributed by atoms with van der Waals surface area (Å²) in [5, 5.41) is 33.3. The van der Waals surface area contributed by atoms with E-state index in [0.29, 0.717) is 0 Å². The van der Waals surface area contributed by atoms with Crippen LogP contribution >= 0.6 is 58.8 Å². The number of carbonyl (C=O) groups excluding carboxylic acids is 6. The number of phosphoric acid groups is 3. The number of aromatic amines is 3. The highest BCUT2D eigenvalue weighted by Gasteiger charge is 2.64. The van der Waals surface area contributed by atoms with Gasteiger partial charge in [-0.15, -0.1) is 0 Å². The van der Waals surface area contributed by atoms with Crippen LogP contribution in [0.4, 0.5) is 17.8 Å². The van der Waals surface area contributed by atoms with Gasteiger partial charge < -0.3 is 78.1 Å². The minimum absolute atomic E-state index is 0.00725. The highest BCUT2D eigenvalue weighted by Crippen LogP contribution is 2.62. The van der Waals surface area contributed by atoms with Crippen molar-refractivity contribution in [1.29, 1.82) is 0 Å². The molecule has 18 N–H and O–H groups in total. The van der Waals surface area contributed by atoms with E-state index in [1.165, 1.54) is 53.5 Å². The Morgan fingerprint density at radius 2 is 0.707 bits per heavy atom. The Kier molecular flexibility index (Phi) is 30.7. The van der Waals surface area contributed by atoms with Gasteiger partial charge in [-0.2, -0.15) is 15.0 Å². The van der Waals surface area contributed by atoms with Crippen LogP contribution in [-0.2, 0) is 112 Å². The number of phosphoric ester groups is 3. The second-order valence-corrected chi connectivity index (χ2v) is 41.2. The number of hydrogen-bond acceptors (Lipinski definition) is 45. The first-order valence-corrected chi connectivity index (χ1v) is 45.8. The Morgan fingerprint density at radius 3 is 0.935 bits per heavy atom. The van der Waals surface area contributed by atoms with Crippen molar-refractivity contribution in [1.82, 2.24) is 58.6 Å². The number of aromatic nitrogens is 12. The molecule has 123 heavy (non-hydrogen) atoms. The highest BCUT2D eigenvalue weighted by molar-refractivity contribution is 8.14. The number of carbonyl (C=O) groups is 6. The first kappa shape index (κ1) is 98.1. The van der Waals surface area contributed by atoms with Crippen molar-refractivity contribution in [2.75, 3.05) is 93.9 Å². The number of H-pyrrole nitrogens is 3. The SMILES string of the molecule is CC(C)[C@H](N)C(=O)OCC(C)(C)C(=O)SCCOP1(=O)OC[C@H]2O[C@@H](n3cnc4c(=O)[nH]c(N)nc43)[C@](C)(O)[C@@H]2O1.CC(C)[C@H](N)C(=O)OCC(C)(C)C(=O)SCCO[P@@]1(=O)OC[C@H]2O[C@@H](n3cnc4c(=O)[nH]c(N)nc43)[C@](C)(O)[C@@H]2O1.CC(C)[C@H](N)C(=O)OCC(C)(C)C(=O)SCCO[P@]1(=O)OC[C@H]2O[C@@H](n3cnc4c(=O)[nH]c(N)nc43)[C@](C)(O)[C@@H]2O1. The smallest absolute Gasteiger partial charge is 0.463 e. The lowest BCUT2D eigenvalue weighted by Crippen LogP contribution is -2.47. The molecule has 0 aliphatic carbocycles. The van der Waals surface area contributed by atoms with E-state index in [4.69, 9.17) is 104 Å². The van der Waals surface area contributed by atoms with Crippen LogP contribution in [0.3, 0.4) is 0 Å². The maximum atomic E-state index is 13.2. The molecule has 684 valence electrons. The molecule has 0 amide bonds. The van der Waals surface area contributed by atoms with Gasteiger partial charge in [-0.25, -0.2) is 28.6 Å². The van der Waals surface area contributed by atoms with Gasteiger partial charge in [-0.3, -0.25) is 113 Å². The summed E-state index contributed by atoms with van der Waals surface area (Å²) in [5.74, 6) is -2.19. The Hall–Kier alpha value is -7.11.